The van der Waals surface area contributed by atoms with Crippen molar-refractivity contribution >= 4 is 5.91 Å². The number of hydrogen-bond acceptors (Lipinski definition) is 1. The molecule has 0 aromatic carbocycles. The fraction of sp³-hybridized carbons (Fsp3) is 0.941. The Morgan fingerprint density at radius 3 is 1.68 bits per heavy atom. The van der Waals surface area contributed by atoms with Crippen molar-refractivity contribution in [3.8, 4) is 0 Å². The lowest BCUT2D eigenvalue weighted by Crippen LogP contribution is -2.34. The monoisotopic (exact) mass is 267 g/mol. The first-order valence-corrected chi connectivity index (χ1v) is 8.62. The van der Waals surface area contributed by atoms with Crippen LogP contribution in [0.1, 0.15) is 96.8 Å². The average molecular weight is 267 g/mol. The second-order valence-electron chi connectivity index (χ2n) is 6.13. The molecule has 0 aliphatic heterocycles. The average Bonchev–Trinajstić information content (AvgIpc) is 2.41. The summed E-state index contributed by atoms with van der Waals surface area (Å²) < 4.78 is 0. The van der Waals surface area contributed by atoms with Crippen LogP contribution in [0.25, 0.3) is 0 Å². The van der Waals surface area contributed by atoms with Gasteiger partial charge in [0.2, 0.25) is 5.91 Å². The zero-order chi connectivity index (χ0) is 13.8. The Kier molecular flexibility index (Phi) is 9.84. The maximum absolute atomic E-state index is 11.7. The zero-order valence-electron chi connectivity index (χ0n) is 12.9. The van der Waals surface area contributed by atoms with Crippen LogP contribution in [0, 0.1) is 0 Å². The summed E-state index contributed by atoms with van der Waals surface area (Å²) in [5.74, 6) is 0.261. The minimum Gasteiger partial charge on any atom is -0.353 e. The third-order valence-corrected chi connectivity index (χ3v) is 4.20. The topological polar surface area (TPSA) is 29.1 Å². The van der Waals surface area contributed by atoms with Gasteiger partial charge in [0.05, 0.1) is 0 Å². The Balaban J connectivity index is 2.30. The Morgan fingerprint density at radius 2 is 1.26 bits per heavy atom. The van der Waals surface area contributed by atoms with Crippen molar-refractivity contribution in [1.82, 2.24) is 5.32 Å². The maximum Gasteiger partial charge on any atom is 0.220 e. The van der Waals surface area contributed by atoms with E-state index in [0.717, 1.165) is 6.42 Å². The minimum absolute atomic E-state index is 0.261. The van der Waals surface area contributed by atoms with Crippen molar-refractivity contribution in [1.29, 1.82) is 0 Å². The molecule has 2 nitrogen and oxygen atoms in total. The van der Waals surface area contributed by atoms with Crippen molar-refractivity contribution in [2.75, 3.05) is 0 Å². The molecule has 1 aliphatic carbocycles. The molecular weight excluding hydrogens is 234 g/mol. The standard InChI is InChI=1S/C17H33NO/c1-2-13-17(19)18-16-14-11-9-7-5-3-4-6-8-10-12-15-16/h16H,2-15H2,1H3,(H,18,19). The number of carbonyl (C=O) groups excluding carboxylic acids is 1. The first kappa shape index (κ1) is 16.5. The molecule has 2 heteroatoms. The second kappa shape index (κ2) is 11.3. The SMILES string of the molecule is CCCC(=O)NC1CCCCCCCCCCCC1. The summed E-state index contributed by atoms with van der Waals surface area (Å²) >= 11 is 0. The van der Waals surface area contributed by atoms with Crippen LogP contribution in [0.5, 0.6) is 0 Å². The summed E-state index contributed by atoms with van der Waals surface area (Å²) in [5.41, 5.74) is 0. The maximum atomic E-state index is 11.7. The molecule has 19 heavy (non-hydrogen) atoms. The van der Waals surface area contributed by atoms with E-state index < -0.39 is 0 Å². The van der Waals surface area contributed by atoms with Crippen LogP contribution in [0.15, 0.2) is 0 Å². The van der Waals surface area contributed by atoms with Crippen molar-refractivity contribution in [3.05, 3.63) is 0 Å². The fourth-order valence-corrected chi connectivity index (χ4v) is 3.01. The van der Waals surface area contributed by atoms with Crippen LogP contribution in [0.3, 0.4) is 0 Å². The van der Waals surface area contributed by atoms with Crippen LogP contribution in [-0.4, -0.2) is 11.9 Å². The minimum atomic E-state index is 0.261. The molecule has 0 heterocycles. The van der Waals surface area contributed by atoms with Crippen molar-refractivity contribution in [2.45, 2.75) is 103 Å². The molecule has 1 rings (SSSR count). The third-order valence-electron chi connectivity index (χ3n) is 4.20. The molecule has 0 spiro atoms. The fourth-order valence-electron chi connectivity index (χ4n) is 3.01. The van der Waals surface area contributed by atoms with Gasteiger partial charge in [0.1, 0.15) is 0 Å². The molecule has 0 radical (unpaired) electrons. The van der Waals surface area contributed by atoms with Gasteiger partial charge >= 0.3 is 0 Å². The molecule has 0 saturated heterocycles. The van der Waals surface area contributed by atoms with Gasteiger partial charge in [-0.25, -0.2) is 0 Å². The number of amides is 1. The zero-order valence-corrected chi connectivity index (χ0v) is 12.9. The molecule has 1 saturated carbocycles. The Bertz CT molecular complexity index is 213. The van der Waals surface area contributed by atoms with Crippen LogP contribution < -0.4 is 5.32 Å². The Morgan fingerprint density at radius 1 is 0.842 bits per heavy atom. The summed E-state index contributed by atoms with van der Waals surface area (Å²) in [7, 11) is 0. The summed E-state index contributed by atoms with van der Waals surface area (Å²) in [4.78, 5) is 11.7. The quantitative estimate of drug-likeness (QED) is 0.769. The second-order valence-corrected chi connectivity index (χ2v) is 6.13. The highest BCUT2D eigenvalue weighted by Crippen LogP contribution is 2.17. The molecule has 1 aliphatic rings. The van der Waals surface area contributed by atoms with Crippen molar-refractivity contribution < 1.29 is 4.79 Å². The lowest BCUT2D eigenvalue weighted by atomic mass is 10.0. The van der Waals surface area contributed by atoms with E-state index in [-0.39, 0.29) is 5.91 Å². The Labute approximate surface area is 119 Å². The van der Waals surface area contributed by atoms with Crippen molar-refractivity contribution in [2.24, 2.45) is 0 Å². The lowest BCUT2D eigenvalue weighted by molar-refractivity contribution is -0.121. The predicted octanol–water partition coefficient (Wildman–Crippen LogP) is 4.97. The van der Waals surface area contributed by atoms with Gasteiger partial charge < -0.3 is 5.32 Å². The normalized spacial score (nSPS) is 20.9. The molecule has 112 valence electrons. The lowest BCUT2D eigenvalue weighted by Gasteiger charge is -2.18. The van der Waals surface area contributed by atoms with E-state index in [4.69, 9.17) is 0 Å². The van der Waals surface area contributed by atoms with Gasteiger partial charge in [-0.15, -0.1) is 0 Å². The summed E-state index contributed by atoms with van der Waals surface area (Å²) in [6.07, 6.45) is 17.7. The third kappa shape index (κ3) is 9.07. The predicted molar refractivity (Wildman–Crippen MR) is 82.2 cm³/mol. The van der Waals surface area contributed by atoms with Gasteiger partial charge in [0, 0.05) is 12.5 Å². The van der Waals surface area contributed by atoms with E-state index in [2.05, 4.69) is 12.2 Å². The highest BCUT2D eigenvalue weighted by molar-refractivity contribution is 5.76. The largest absolute Gasteiger partial charge is 0.353 e. The molecule has 0 bridgehead atoms. The van der Waals surface area contributed by atoms with Gasteiger partial charge in [-0.2, -0.15) is 0 Å². The highest BCUT2D eigenvalue weighted by atomic mass is 16.1. The highest BCUT2D eigenvalue weighted by Gasteiger charge is 2.11. The van der Waals surface area contributed by atoms with E-state index in [9.17, 15) is 4.79 Å². The van der Waals surface area contributed by atoms with Gasteiger partial charge in [-0.05, 0) is 19.3 Å². The van der Waals surface area contributed by atoms with Gasteiger partial charge in [0.25, 0.3) is 0 Å². The van der Waals surface area contributed by atoms with Crippen molar-refractivity contribution in [3.63, 3.8) is 0 Å². The Hall–Kier alpha value is -0.530. The molecule has 1 fully saturated rings. The van der Waals surface area contributed by atoms with Gasteiger partial charge in [-0.1, -0.05) is 71.1 Å². The van der Waals surface area contributed by atoms with E-state index in [1.165, 1.54) is 77.0 Å². The van der Waals surface area contributed by atoms with E-state index in [0.29, 0.717) is 12.5 Å². The molecule has 1 amide bonds. The first-order chi connectivity index (χ1) is 9.33. The smallest absolute Gasteiger partial charge is 0.220 e. The van der Waals surface area contributed by atoms with E-state index in [1.807, 2.05) is 0 Å². The first-order valence-electron chi connectivity index (χ1n) is 8.62. The van der Waals surface area contributed by atoms with Crippen LogP contribution >= 0.6 is 0 Å². The van der Waals surface area contributed by atoms with Gasteiger partial charge in [0.15, 0.2) is 0 Å². The molecule has 0 aromatic rings. The number of nitrogens with one attached hydrogen (secondary N) is 1. The summed E-state index contributed by atoms with van der Waals surface area (Å²) in [5, 5.41) is 3.25. The van der Waals surface area contributed by atoms with E-state index in [1.54, 1.807) is 0 Å². The number of carbonyl (C=O) groups is 1. The number of rotatable bonds is 3. The molecule has 1 N–H and O–H groups in total. The molecule has 0 aromatic heterocycles. The summed E-state index contributed by atoms with van der Waals surface area (Å²) in [6.45, 7) is 2.07. The molecule has 0 atom stereocenters. The molecule has 0 unspecified atom stereocenters. The number of hydrogen-bond donors (Lipinski definition) is 1. The van der Waals surface area contributed by atoms with Crippen LogP contribution in [-0.2, 0) is 4.79 Å². The molecular formula is C17H33NO. The summed E-state index contributed by atoms with van der Waals surface area (Å²) in [6, 6.07) is 0.444. The van der Waals surface area contributed by atoms with E-state index >= 15 is 0 Å². The van der Waals surface area contributed by atoms with Gasteiger partial charge in [-0.3, -0.25) is 4.79 Å². The van der Waals surface area contributed by atoms with Crippen LogP contribution in [0.2, 0.25) is 0 Å². The van der Waals surface area contributed by atoms with Crippen LogP contribution in [0.4, 0.5) is 0 Å².